The molecule has 1 atom stereocenters. The van der Waals surface area contributed by atoms with Crippen LogP contribution in [0.1, 0.15) is 29.2 Å². The van der Waals surface area contributed by atoms with Crippen LogP contribution in [0.4, 0.5) is 0 Å². The summed E-state index contributed by atoms with van der Waals surface area (Å²) in [6.07, 6.45) is 5.01. The molecule has 0 fully saturated rings. The third kappa shape index (κ3) is 3.50. The number of hydrogen-bond donors (Lipinski definition) is 0. The fourth-order valence-electron chi connectivity index (χ4n) is 3.18. The van der Waals surface area contributed by atoms with E-state index >= 15 is 0 Å². The van der Waals surface area contributed by atoms with Crippen LogP contribution in [0.25, 0.3) is 6.08 Å². The van der Waals surface area contributed by atoms with Crippen molar-refractivity contribution in [3.63, 3.8) is 0 Å². The highest BCUT2D eigenvalue weighted by Gasteiger charge is 2.33. The molecule has 3 nitrogen and oxygen atoms in total. The number of nitrogens with zero attached hydrogens (tertiary/aromatic N) is 1. The lowest BCUT2D eigenvalue weighted by Crippen LogP contribution is -2.32. The van der Waals surface area contributed by atoms with E-state index in [0.717, 1.165) is 24.0 Å². The van der Waals surface area contributed by atoms with E-state index in [9.17, 15) is 8.42 Å². The van der Waals surface area contributed by atoms with Crippen LogP contribution in [0, 0.1) is 0 Å². The number of benzene rings is 2. The van der Waals surface area contributed by atoms with Gasteiger partial charge in [0.25, 0.3) is 0 Å². The average Bonchev–Trinajstić information content (AvgIpc) is 3.02. The largest absolute Gasteiger partial charge is 0.237 e. The summed E-state index contributed by atoms with van der Waals surface area (Å²) in [6.45, 7) is 4.04. The fraction of sp³-hybridized carbons (Fsp3) is 0.200. The van der Waals surface area contributed by atoms with Crippen molar-refractivity contribution in [1.29, 1.82) is 0 Å². The van der Waals surface area contributed by atoms with Crippen molar-refractivity contribution in [3.05, 3.63) is 89.4 Å². The summed E-state index contributed by atoms with van der Waals surface area (Å²) in [5, 5.41) is 1.30. The van der Waals surface area contributed by atoms with E-state index in [-0.39, 0.29) is 6.04 Å². The lowest BCUT2D eigenvalue weighted by atomic mass is 10.1. The van der Waals surface area contributed by atoms with Crippen molar-refractivity contribution >= 4 is 16.1 Å². The van der Waals surface area contributed by atoms with Gasteiger partial charge in [-0.05, 0) is 35.6 Å². The minimum absolute atomic E-state index is 0.121. The lowest BCUT2D eigenvalue weighted by molar-refractivity contribution is 0.353. The van der Waals surface area contributed by atoms with Crippen LogP contribution >= 0.6 is 0 Å². The van der Waals surface area contributed by atoms with Crippen LogP contribution in [0.5, 0.6) is 0 Å². The van der Waals surface area contributed by atoms with Crippen LogP contribution in [0.3, 0.4) is 0 Å². The van der Waals surface area contributed by atoms with Gasteiger partial charge in [0.1, 0.15) is 0 Å². The van der Waals surface area contributed by atoms with Crippen molar-refractivity contribution in [2.45, 2.75) is 18.9 Å². The minimum Gasteiger partial charge on any atom is -0.207 e. The van der Waals surface area contributed by atoms with Crippen LogP contribution in [-0.4, -0.2) is 19.3 Å². The Hall–Kier alpha value is -2.17. The zero-order valence-electron chi connectivity index (χ0n) is 13.5. The molecular formula is C20H21NO2S. The van der Waals surface area contributed by atoms with Crippen LogP contribution in [-0.2, 0) is 16.4 Å². The predicted octanol–water partition coefficient (Wildman–Crippen LogP) is 4.16. The molecule has 4 heteroatoms. The third-order valence-electron chi connectivity index (χ3n) is 4.32. The highest BCUT2D eigenvalue weighted by molar-refractivity contribution is 7.92. The molecule has 2 aromatic rings. The van der Waals surface area contributed by atoms with Gasteiger partial charge in [-0.2, -0.15) is 4.31 Å². The van der Waals surface area contributed by atoms with Crippen molar-refractivity contribution in [2.24, 2.45) is 0 Å². The molecule has 1 unspecified atom stereocenters. The highest BCUT2D eigenvalue weighted by atomic mass is 32.2. The van der Waals surface area contributed by atoms with E-state index < -0.39 is 10.0 Å². The SMILES string of the molecule is C=CCN(C1CCc2ccccc21)S(=O)(=O)/C=C/c1ccccc1. The summed E-state index contributed by atoms with van der Waals surface area (Å²) >= 11 is 0. The van der Waals surface area contributed by atoms with Crippen LogP contribution in [0.2, 0.25) is 0 Å². The van der Waals surface area contributed by atoms with Gasteiger partial charge in [0.05, 0.1) is 6.04 Å². The van der Waals surface area contributed by atoms with Gasteiger partial charge in [0.15, 0.2) is 0 Å². The molecule has 0 heterocycles. The fourth-order valence-corrected chi connectivity index (χ4v) is 4.55. The van der Waals surface area contributed by atoms with Gasteiger partial charge in [-0.25, -0.2) is 8.42 Å². The first-order valence-electron chi connectivity index (χ1n) is 8.05. The molecule has 2 aromatic carbocycles. The van der Waals surface area contributed by atoms with E-state index in [0.29, 0.717) is 6.54 Å². The first-order valence-corrected chi connectivity index (χ1v) is 9.56. The Labute approximate surface area is 144 Å². The lowest BCUT2D eigenvalue weighted by Gasteiger charge is -2.26. The van der Waals surface area contributed by atoms with Gasteiger partial charge >= 0.3 is 0 Å². The van der Waals surface area contributed by atoms with Crippen molar-refractivity contribution in [3.8, 4) is 0 Å². The Morgan fingerprint density at radius 1 is 1.08 bits per heavy atom. The van der Waals surface area contributed by atoms with Crippen molar-refractivity contribution in [2.75, 3.05) is 6.54 Å². The summed E-state index contributed by atoms with van der Waals surface area (Å²) < 4.78 is 27.3. The van der Waals surface area contributed by atoms with Crippen molar-refractivity contribution in [1.82, 2.24) is 4.31 Å². The molecule has 0 saturated carbocycles. The van der Waals surface area contributed by atoms with E-state index in [4.69, 9.17) is 0 Å². The van der Waals surface area contributed by atoms with Gasteiger partial charge in [0, 0.05) is 12.0 Å². The molecular weight excluding hydrogens is 318 g/mol. The quantitative estimate of drug-likeness (QED) is 0.741. The molecule has 0 radical (unpaired) electrons. The second kappa shape index (κ2) is 7.16. The molecule has 0 amide bonds. The molecule has 0 bridgehead atoms. The molecule has 0 saturated heterocycles. The molecule has 0 N–H and O–H groups in total. The summed E-state index contributed by atoms with van der Waals surface area (Å²) in [7, 11) is -3.53. The van der Waals surface area contributed by atoms with E-state index in [2.05, 4.69) is 12.6 Å². The van der Waals surface area contributed by atoms with Crippen LogP contribution in [0.15, 0.2) is 72.7 Å². The third-order valence-corrected chi connectivity index (χ3v) is 5.85. The molecule has 0 aliphatic heterocycles. The Morgan fingerprint density at radius 3 is 2.54 bits per heavy atom. The molecule has 1 aliphatic carbocycles. The van der Waals surface area contributed by atoms with Gasteiger partial charge in [-0.3, -0.25) is 0 Å². The first kappa shape index (κ1) is 16.7. The molecule has 24 heavy (non-hydrogen) atoms. The zero-order valence-corrected chi connectivity index (χ0v) is 14.3. The Kier molecular flexibility index (Phi) is 4.97. The molecule has 0 spiro atoms. The number of aryl methyl sites for hydroxylation is 1. The zero-order chi connectivity index (χ0) is 17.0. The van der Waals surface area contributed by atoms with Crippen molar-refractivity contribution < 1.29 is 8.42 Å². The average molecular weight is 339 g/mol. The van der Waals surface area contributed by atoms with E-state index in [1.54, 1.807) is 16.5 Å². The second-order valence-corrected chi connectivity index (χ2v) is 7.64. The normalized spacial score (nSPS) is 17.3. The maximum absolute atomic E-state index is 12.9. The van der Waals surface area contributed by atoms with E-state index in [1.807, 2.05) is 48.5 Å². The summed E-state index contributed by atoms with van der Waals surface area (Å²) in [5.41, 5.74) is 3.21. The van der Waals surface area contributed by atoms with Gasteiger partial charge in [0.2, 0.25) is 10.0 Å². The second-order valence-electron chi connectivity index (χ2n) is 5.87. The molecule has 3 rings (SSSR count). The summed E-state index contributed by atoms with van der Waals surface area (Å²) in [4.78, 5) is 0. The smallest absolute Gasteiger partial charge is 0.207 e. The van der Waals surface area contributed by atoms with E-state index in [1.165, 1.54) is 11.0 Å². The van der Waals surface area contributed by atoms with Crippen LogP contribution < -0.4 is 0 Å². The topological polar surface area (TPSA) is 37.4 Å². The minimum atomic E-state index is -3.53. The number of fused-ring (bicyclic) bond motifs is 1. The molecule has 1 aliphatic rings. The highest BCUT2D eigenvalue weighted by Crippen LogP contribution is 2.37. The van der Waals surface area contributed by atoms with Gasteiger partial charge < -0.3 is 0 Å². The summed E-state index contributed by atoms with van der Waals surface area (Å²) in [5.74, 6) is 0. The Bertz CT molecular complexity index is 841. The number of hydrogen-bond acceptors (Lipinski definition) is 2. The van der Waals surface area contributed by atoms with Gasteiger partial charge in [-0.15, -0.1) is 6.58 Å². The molecule has 124 valence electrons. The first-order chi connectivity index (χ1) is 11.6. The monoisotopic (exact) mass is 339 g/mol. The predicted molar refractivity (Wildman–Crippen MR) is 98.8 cm³/mol. The maximum atomic E-state index is 12.9. The Balaban J connectivity index is 1.90. The Morgan fingerprint density at radius 2 is 1.79 bits per heavy atom. The maximum Gasteiger partial charge on any atom is 0.237 e. The molecule has 0 aromatic heterocycles. The number of sulfonamides is 1. The number of rotatable bonds is 6. The standard InChI is InChI=1S/C20H21NO2S/c1-2-15-21(20-13-12-18-10-6-7-11-19(18)20)24(22,23)16-14-17-8-4-3-5-9-17/h2-11,14,16,20H,1,12-13,15H2/b16-14+. The van der Waals surface area contributed by atoms with Gasteiger partial charge in [-0.1, -0.05) is 60.7 Å². The summed E-state index contributed by atoms with van der Waals surface area (Å²) in [6, 6.07) is 17.4.